The zero-order valence-electron chi connectivity index (χ0n) is 9.12. The number of carbonyl (C=O) groups is 1. The highest BCUT2D eigenvalue weighted by atomic mass is 16.5. The third kappa shape index (κ3) is 2.69. The standard InChI is InChI=1S/C10H19NO3/c1-10(2)7-11(5-4-8(10)12)6-9(13)14-3/h8,12H,4-7H2,1-3H3. The molecule has 0 aromatic carbocycles. The Bertz CT molecular complexity index is 215. The van der Waals surface area contributed by atoms with Gasteiger partial charge >= 0.3 is 5.97 Å². The van der Waals surface area contributed by atoms with Gasteiger partial charge in [0.2, 0.25) is 0 Å². The molecule has 0 radical (unpaired) electrons. The quantitative estimate of drug-likeness (QED) is 0.651. The molecule has 1 saturated heterocycles. The molecular weight excluding hydrogens is 182 g/mol. The minimum Gasteiger partial charge on any atom is -0.468 e. The summed E-state index contributed by atoms with van der Waals surface area (Å²) in [5, 5.41) is 9.70. The number of aliphatic hydroxyl groups excluding tert-OH is 1. The Labute approximate surface area is 84.8 Å². The highest BCUT2D eigenvalue weighted by Crippen LogP contribution is 2.28. The van der Waals surface area contributed by atoms with Crippen LogP contribution in [0, 0.1) is 5.41 Å². The summed E-state index contributed by atoms with van der Waals surface area (Å²) in [4.78, 5) is 13.1. The molecule has 0 bridgehead atoms. The van der Waals surface area contributed by atoms with Gasteiger partial charge in [0.1, 0.15) is 0 Å². The first kappa shape index (κ1) is 11.5. The van der Waals surface area contributed by atoms with E-state index in [0.717, 1.165) is 19.5 Å². The zero-order chi connectivity index (χ0) is 10.8. The van der Waals surface area contributed by atoms with Crippen LogP contribution in [0.1, 0.15) is 20.3 Å². The third-order valence-corrected chi connectivity index (χ3v) is 2.83. The van der Waals surface area contributed by atoms with Crippen molar-refractivity contribution in [1.29, 1.82) is 0 Å². The van der Waals surface area contributed by atoms with E-state index < -0.39 is 0 Å². The molecular formula is C10H19NO3. The zero-order valence-corrected chi connectivity index (χ0v) is 9.12. The minimum absolute atomic E-state index is 0.133. The molecule has 1 rings (SSSR count). The highest BCUT2D eigenvalue weighted by molar-refractivity contribution is 5.71. The van der Waals surface area contributed by atoms with Gasteiger partial charge in [-0.3, -0.25) is 9.69 Å². The molecule has 0 aromatic heterocycles. The SMILES string of the molecule is COC(=O)CN1CCC(O)C(C)(C)C1. The molecule has 1 unspecified atom stereocenters. The number of likely N-dealkylation sites (tertiary alicyclic amines) is 1. The molecule has 1 fully saturated rings. The van der Waals surface area contributed by atoms with Crippen LogP contribution >= 0.6 is 0 Å². The maximum Gasteiger partial charge on any atom is 0.319 e. The predicted molar refractivity (Wildman–Crippen MR) is 52.9 cm³/mol. The van der Waals surface area contributed by atoms with E-state index in [4.69, 9.17) is 0 Å². The molecule has 0 aliphatic carbocycles. The number of nitrogens with zero attached hydrogens (tertiary/aromatic N) is 1. The van der Waals surface area contributed by atoms with Gasteiger partial charge in [0.25, 0.3) is 0 Å². The van der Waals surface area contributed by atoms with Crippen molar-refractivity contribution in [1.82, 2.24) is 4.90 Å². The monoisotopic (exact) mass is 201 g/mol. The van der Waals surface area contributed by atoms with Crippen LogP contribution in [0.5, 0.6) is 0 Å². The fourth-order valence-corrected chi connectivity index (χ4v) is 1.84. The fraction of sp³-hybridized carbons (Fsp3) is 0.900. The molecule has 1 aliphatic rings. The second kappa shape index (κ2) is 4.28. The van der Waals surface area contributed by atoms with Gasteiger partial charge in [0.05, 0.1) is 19.8 Å². The summed E-state index contributed by atoms with van der Waals surface area (Å²) < 4.78 is 4.60. The first-order valence-corrected chi connectivity index (χ1v) is 4.93. The summed E-state index contributed by atoms with van der Waals surface area (Å²) in [7, 11) is 1.40. The van der Waals surface area contributed by atoms with Crippen LogP contribution < -0.4 is 0 Å². The van der Waals surface area contributed by atoms with E-state index in [9.17, 15) is 9.90 Å². The molecule has 0 spiro atoms. The van der Waals surface area contributed by atoms with Crippen LogP contribution in [0.3, 0.4) is 0 Å². The number of esters is 1. The highest BCUT2D eigenvalue weighted by Gasteiger charge is 2.34. The lowest BCUT2D eigenvalue weighted by molar-refractivity contribution is -0.143. The van der Waals surface area contributed by atoms with Crippen LogP contribution in [0.4, 0.5) is 0 Å². The van der Waals surface area contributed by atoms with Gasteiger partial charge < -0.3 is 9.84 Å². The summed E-state index contributed by atoms with van der Waals surface area (Å²) in [5.41, 5.74) is -0.133. The van der Waals surface area contributed by atoms with Gasteiger partial charge in [-0.25, -0.2) is 0 Å². The Hall–Kier alpha value is -0.610. The number of methoxy groups -OCH3 is 1. The average Bonchev–Trinajstić information content (AvgIpc) is 2.11. The van der Waals surface area contributed by atoms with Gasteiger partial charge in [-0.15, -0.1) is 0 Å². The third-order valence-electron chi connectivity index (χ3n) is 2.83. The van der Waals surface area contributed by atoms with E-state index in [-0.39, 0.29) is 17.5 Å². The molecule has 14 heavy (non-hydrogen) atoms. The summed E-state index contributed by atoms with van der Waals surface area (Å²) in [6.07, 6.45) is 0.459. The molecule has 4 heteroatoms. The minimum atomic E-state index is -0.267. The van der Waals surface area contributed by atoms with Gasteiger partial charge in [-0.1, -0.05) is 13.8 Å². The Balaban J connectivity index is 2.47. The predicted octanol–water partition coefficient (Wildman–Crippen LogP) is 0.252. The van der Waals surface area contributed by atoms with Crippen molar-refractivity contribution in [2.75, 3.05) is 26.7 Å². The van der Waals surface area contributed by atoms with E-state index in [2.05, 4.69) is 4.74 Å². The number of rotatable bonds is 2. The lowest BCUT2D eigenvalue weighted by Gasteiger charge is -2.41. The second-order valence-electron chi connectivity index (χ2n) is 4.58. The molecule has 1 aliphatic heterocycles. The van der Waals surface area contributed by atoms with Crippen LogP contribution in [-0.4, -0.2) is 48.8 Å². The fourth-order valence-electron chi connectivity index (χ4n) is 1.84. The van der Waals surface area contributed by atoms with Gasteiger partial charge in [0, 0.05) is 18.5 Å². The lowest BCUT2D eigenvalue weighted by atomic mass is 9.81. The van der Waals surface area contributed by atoms with Crippen molar-refractivity contribution in [2.45, 2.75) is 26.4 Å². The molecule has 82 valence electrons. The maximum absolute atomic E-state index is 11.0. The first-order chi connectivity index (χ1) is 6.45. The smallest absolute Gasteiger partial charge is 0.319 e. The number of carbonyl (C=O) groups excluding carboxylic acids is 1. The Morgan fingerprint density at radius 2 is 2.29 bits per heavy atom. The molecule has 0 amide bonds. The van der Waals surface area contributed by atoms with Crippen molar-refractivity contribution in [3.63, 3.8) is 0 Å². The van der Waals surface area contributed by atoms with Gasteiger partial charge in [-0.2, -0.15) is 0 Å². The molecule has 4 nitrogen and oxygen atoms in total. The molecule has 0 aromatic rings. The van der Waals surface area contributed by atoms with Gasteiger partial charge in [-0.05, 0) is 6.42 Å². The van der Waals surface area contributed by atoms with Crippen LogP contribution in [0.2, 0.25) is 0 Å². The number of hydrogen-bond donors (Lipinski definition) is 1. The summed E-state index contributed by atoms with van der Waals surface area (Å²) >= 11 is 0. The Morgan fingerprint density at radius 3 is 2.79 bits per heavy atom. The maximum atomic E-state index is 11.0. The molecule has 1 N–H and O–H groups in total. The summed E-state index contributed by atoms with van der Waals surface area (Å²) in [6, 6.07) is 0. The van der Waals surface area contributed by atoms with E-state index in [1.807, 2.05) is 18.7 Å². The molecule has 0 saturated carbocycles. The lowest BCUT2D eigenvalue weighted by Crippen LogP contribution is -2.50. The molecule has 1 heterocycles. The largest absolute Gasteiger partial charge is 0.468 e. The van der Waals surface area contributed by atoms with E-state index in [0.29, 0.717) is 6.54 Å². The van der Waals surface area contributed by atoms with Crippen molar-refractivity contribution < 1.29 is 14.6 Å². The number of ether oxygens (including phenoxy) is 1. The van der Waals surface area contributed by atoms with E-state index in [1.54, 1.807) is 0 Å². The first-order valence-electron chi connectivity index (χ1n) is 4.93. The van der Waals surface area contributed by atoms with Crippen molar-refractivity contribution in [3.05, 3.63) is 0 Å². The number of hydrogen-bond acceptors (Lipinski definition) is 4. The van der Waals surface area contributed by atoms with E-state index >= 15 is 0 Å². The van der Waals surface area contributed by atoms with E-state index in [1.165, 1.54) is 7.11 Å². The molecule has 1 atom stereocenters. The summed E-state index contributed by atoms with van der Waals surface area (Å²) in [6.45, 7) is 5.86. The second-order valence-corrected chi connectivity index (χ2v) is 4.58. The van der Waals surface area contributed by atoms with Crippen molar-refractivity contribution >= 4 is 5.97 Å². The Kier molecular flexibility index (Phi) is 3.50. The van der Waals surface area contributed by atoms with Crippen LogP contribution in [-0.2, 0) is 9.53 Å². The summed E-state index contributed by atoms with van der Waals surface area (Å²) in [5.74, 6) is -0.211. The number of aliphatic hydroxyl groups is 1. The normalized spacial score (nSPS) is 27.3. The van der Waals surface area contributed by atoms with Crippen LogP contribution in [0.15, 0.2) is 0 Å². The van der Waals surface area contributed by atoms with Gasteiger partial charge in [0.15, 0.2) is 0 Å². The van der Waals surface area contributed by atoms with Crippen LogP contribution in [0.25, 0.3) is 0 Å². The van der Waals surface area contributed by atoms with Crippen molar-refractivity contribution in [3.8, 4) is 0 Å². The number of piperidine rings is 1. The topological polar surface area (TPSA) is 49.8 Å². The van der Waals surface area contributed by atoms with Crippen molar-refractivity contribution in [2.24, 2.45) is 5.41 Å². The average molecular weight is 201 g/mol. The Morgan fingerprint density at radius 1 is 1.64 bits per heavy atom.